The van der Waals surface area contributed by atoms with Gasteiger partial charge in [-0.3, -0.25) is 9.98 Å². The standard InChI is InChI=1S/C18H25N5S.HI/c1-13-7-6-10-20-15(13)11-21-18(19-2)23(3)12-17-22-14-8-4-5-9-16(14)24-17;/h6-7,10H,4-5,8-9,11-12H2,1-3H3,(H,19,21);1H. The largest absolute Gasteiger partial charge is 0.351 e. The highest BCUT2D eigenvalue weighted by Gasteiger charge is 2.17. The molecule has 25 heavy (non-hydrogen) atoms. The first kappa shape index (κ1) is 20.1. The maximum absolute atomic E-state index is 4.82. The Kier molecular flexibility index (Phi) is 7.61. The quantitative estimate of drug-likeness (QED) is 0.421. The summed E-state index contributed by atoms with van der Waals surface area (Å²) in [7, 11) is 3.87. The molecule has 3 rings (SSSR count). The Bertz CT molecular complexity index is 705. The zero-order valence-corrected chi connectivity index (χ0v) is 18.2. The molecule has 0 aromatic carbocycles. The number of nitrogens with zero attached hydrogens (tertiary/aromatic N) is 4. The monoisotopic (exact) mass is 471 g/mol. The molecule has 1 aliphatic rings. The molecule has 7 heteroatoms. The van der Waals surface area contributed by atoms with Crippen LogP contribution in [0.5, 0.6) is 0 Å². The number of halogens is 1. The van der Waals surface area contributed by atoms with Crippen LogP contribution >= 0.6 is 35.3 Å². The van der Waals surface area contributed by atoms with E-state index in [1.54, 1.807) is 0 Å². The molecule has 0 bridgehead atoms. The van der Waals surface area contributed by atoms with Crippen molar-refractivity contribution in [2.24, 2.45) is 4.99 Å². The van der Waals surface area contributed by atoms with Crippen molar-refractivity contribution in [3.05, 3.63) is 45.2 Å². The van der Waals surface area contributed by atoms with E-state index >= 15 is 0 Å². The molecule has 1 N–H and O–H groups in total. The van der Waals surface area contributed by atoms with Crippen molar-refractivity contribution in [3.63, 3.8) is 0 Å². The summed E-state index contributed by atoms with van der Waals surface area (Å²) in [5, 5.41) is 4.58. The third-order valence-corrected chi connectivity index (χ3v) is 5.51. The molecule has 0 saturated heterocycles. The molecule has 0 unspecified atom stereocenters. The number of guanidine groups is 1. The normalized spacial score (nSPS) is 13.8. The van der Waals surface area contributed by atoms with Gasteiger partial charge >= 0.3 is 0 Å². The molecule has 2 aromatic heterocycles. The van der Waals surface area contributed by atoms with Gasteiger partial charge in [0.2, 0.25) is 0 Å². The van der Waals surface area contributed by atoms with Crippen molar-refractivity contribution in [3.8, 4) is 0 Å². The van der Waals surface area contributed by atoms with Gasteiger partial charge in [-0.05, 0) is 44.2 Å². The Labute approximate surface area is 171 Å². The predicted octanol–water partition coefficient (Wildman–Crippen LogP) is 3.55. The molecule has 5 nitrogen and oxygen atoms in total. The van der Waals surface area contributed by atoms with Crippen molar-refractivity contribution in [1.29, 1.82) is 0 Å². The Balaban J connectivity index is 0.00000225. The lowest BCUT2D eigenvalue weighted by atomic mass is 10.0. The molecule has 0 spiro atoms. The smallest absolute Gasteiger partial charge is 0.194 e. The van der Waals surface area contributed by atoms with Crippen LogP contribution < -0.4 is 5.32 Å². The lowest BCUT2D eigenvalue weighted by Gasteiger charge is -2.21. The summed E-state index contributed by atoms with van der Waals surface area (Å²) in [6, 6.07) is 4.04. The maximum atomic E-state index is 4.82. The molecule has 0 amide bonds. The van der Waals surface area contributed by atoms with Gasteiger partial charge in [-0.25, -0.2) is 4.98 Å². The Morgan fingerprint density at radius 3 is 2.88 bits per heavy atom. The number of hydrogen-bond acceptors (Lipinski definition) is 4. The van der Waals surface area contributed by atoms with Crippen LogP contribution in [-0.4, -0.2) is 34.9 Å². The summed E-state index contributed by atoms with van der Waals surface area (Å²) in [4.78, 5) is 17.2. The van der Waals surface area contributed by atoms with E-state index in [4.69, 9.17) is 4.98 Å². The predicted molar refractivity (Wildman–Crippen MR) is 115 cm³/mol. The zero-order chi connectivity index (χ0) is 16.9. The van der Waals surface area contributed by atoms with E-state index in [0.717, 1.165) is 24.6 Å². The SMILES string of the molecule is CN=C(NCc1ncccc1C)N(C)Cc1nc2c(s1)CCCC2.I. The van der Waals surface area contributed by atoms with E-state index in [1.807, 2.05) is 30.6 Å². The first-order valence-corrected chi connectivity index (χ1v) is 9.28. The van der Waals surface area contributed by atoms with Crippen molar-refractivity contribution in [2.75, 3.05) is 14.1 Å². The summed E-state index contributed by atoms with van der Waals surface area (Å²) >= 11 is 1.86. The van der Waals surface area contributed by atoms with E-state index in [9.17, 15) is 0 Å². The number of aliphatic imine (C=N–C) groups is 1. The van der Waals surface area contributed by atoms with Gasteiger partial charge in [0, 0.05) is 25.2 Å². The van der Waals surface area contributed by atoms with Crippen LogP contribution in [-0.2, 0) is 25.9 Å². The lowest BCUT2D eigenvalue weighted by molar-refractivity contribution is 0.474. The topological polar surface area (TPSA) is 53.4 Å². The zero-order valence-electron chi connectivity index (χ0n) is 15.1. The summed E-state index contributed by atoms with van der Waals surface area (Å²) < 4.78 is 0. The summed E-state index contributed by atoms with van der Waals surface area (Å²) in [5.74, 6) is 0.869. The third kappa shape index (κ3) is 5.13. The highest BCUT2D eigenvalue weighted by molar-refractivity contribution is 14.0. The fourth-order valence-electron chi connectivity index (χ4n) is 3.00. The molecule has 1 aliphatic carbocycles. The number of pyridine rings is 1. The molecular weight excluding hydrogens is 445 g/mol. The number of rotatable bonds is 4. The molecule has 0 radical (unpaired) electrons. The van der Waals surface area contributed by atoms with Crippen LogP contribution in [0.1, 0.15) is 39.7 Å². The second-order valence-electron chi connectivity index (χ2n) is 6.21. The van der Waals surface area contributed by atoms with E-state index in [-0.39, 0.29) is 24.0 Å². The second kappa shape index (κ2) is 9.47. The van der Waals surface area contributed by atoms with Gasteiger partial charge in [-0.15, -0.1) is 35.3 Å². The molecular formula is C18H26IN5S. The second-order valence-corrected chi connectivity index (χ2v) is 7.38. The van der Waals surface area contributed by atoms with Crippen molar-refractivity contribution >= 4 is 41.3 Å². The summed E-state index contributed by atoms with van der Waals surface area (Å²) in [5.41, 5.74) is 3.56. The fraction of sp³-hybridized carbons (Fsp3) is 0.500. The van der Waals surface area contributed by atoms with Gasteiger partial charge in [-0.1, -0.05) is 6.07 Å². The molecule has 2 heterocycles. The van der Waals surface area contributed by atoms with Crippen LogP contribution in [0.3, 0.4) is 0 Å². The average Bonchev–Trinajstić information content (AvgIpc) is 2.99. The Morgan fingerprint density at radius 2 is 2.16 bits per heavy atom. The number of fused-ring (bicyclic) bond motifs is 1. The van der Waals surface area contributed by atoms with Crippen molar-refractivity contribution < 1.29 is 0 Å². The average molecular weight is 471 g/mol. The van der Waals surface area contributed by atoms with Crippen LogP contribution in [0, 0.1) is 6.92 Å². The Hall–Kier alpha value is -1.22. The molecule has 0 aliphatic heterocycles. The summed E-state index contributed by atoms with van der Waals surface area (Å²) in [6.45, 7) is 3.55. The van der Waals surface area contributed by atoms with Crippen LogP contribution in [0.2, 0.25) is 0 Å². The van der Waals surface area contributed by atoms with Crippen molar-refractivity contribution in [1.82, 2.24) is 20.2 Å². The van der Waals surface area contributed by atoms with Crippen molar-refractivity contribution in [2.45, 2.75) is 45.7 Å². The minimum absolute atomic E-state index is 0. The van der Waals surface area contributed by atoms with Crippen LogP contribution in [0.15, 0.2) is 23.3 Å². The number of aryl methyl sites for hydroxylation is 3. The Morgan fingerprint density at radius 1 is 1.36 bits per heavy atom. The number of nitrogens with one attached hydrogen (secondary N) is 1. The van der Waals surface area contributed by atoms with Crippen LogP contribution in [0.25, 0.3) is 0 Å². The van der Waals surface area contributed by atoms with Gasteiger partial charge < -0.3 is 10.2 Å². The number of aromatic nitrogens is 2. The fourth-order valence-corrected chi connectivity index (χ4v) is 4.21. The lowest BCUT2D eigenvalue weighted by Crippen LogP contribution is -2.38. The maximum Gasteiger partial charge on any atom is 0.194 e. The third-order valence-electron chi connectivity index (χ3n) is 4.37. The van der Waals surface area contributed by atoms with Gasteiger partial charge in [0.25, 0.3) is 0 Å². The minimum Gasteiger partial charge on any atom is -0.351 e. The summed E-state index contributed by atoms with van der Waals surface area (Å²) in [6.07, 6.45) is 6.75. The molecule has 136 valence electrons. The van der Waals surface area contributed by atoms with Gasteiger partial charge in [-0.2, -0.15) is 0 Å². The van der Waals surface area contributed by atoms with Gasteiger partial charge in [0.15, 0.2) is 5.96 Å². The van der Waals surface area contributed by atoms with Gasteiger partial charge in [0.05, 0.1) is 24.5 Å². The highest BCUT2D eigenvalue weighted by atomic mass is 127. The molecule has 0 atom stereocenters. The molecule has 2 aromatic rings. The minimum atomic E-state index is 0. The highest BCUT2D eigenvalue weighted by Crippen LogP contribution is 2.27. The first-order valence-electron chi connectivity index (χ1n) is 8.47. The molecule has 0 saturated carbocycles. The molecule has 0 fully saturated rings. The van der Waals surface area contributed by atoms with E-state index in [1.165, 1.54) is 40.4 Å². The van der Waals surface area contributed by atoms with E-state index in [0.29, 0.717) is 6.54 Å². The number of hydrogen-bond donors (Lipinski definition) is 1. The first-order chi connectivity index (χ1) is 11.7. The van der Waals surface area contributed by atoms with Crippen LogP contribution in [0.4, 0.5) is 0 Å². The van der Waals surface area contributed by atoms with E-state index in [2.05, 4.69) is 40.2 Å². The van der Waals surface area contributed by atoms with E-state index < -0.39 is 0 Å². The van der Waals surface area contributed by atoms with Gasteiger partial charge in [0.1, 0.15) is 5.01 Å². The number of thiazole rings is 1.